The van der Waals surface area contributed by atoms with Gasteiger partial charge in [0.15, 0.2) is 0 Å². The van der Waals surface area contributed by atoms with Crippen LogP contribution in [-0.4, -0.2) is 28.5 Å². The average molecular weight is 194 g/mol. The van der Waals surface area contributed by atoms with Gasteiger partial charge in [-0.15, -0.1) is 0 Å². The molecule has 0 spiro atoms. The molecular formula is C8H16ClNO2. The quantitative estimate of drug-likeness (QED) is 0.565. The van der Waals surface area contributed by atoms with Crippen LogP contribution in [0.5, 0.6) is 0 Å². The van der Waals surface area contributed by atoms with Gasteiger partial charge in [0, 0.05) is 6.54 Å². The predicted octanol–water partition coefficient (Wildman–Crippen LogP) is 0.642. The van der Waals surface area contributed by atoms with E-state index in [4.69, 9.17) is 11.8 Å². The first kappa shape index (κ1) is 10.3. The van der Waals surface area contributed by atoms with Gasteiger partial charge in [0.1, 0.15) is 5.60 Å². The Bertz CT molecular complexity index is 156. The predicted molar refractivity (Wildman–Crippen MR) is 47.8 cm³/mol. The van der Waals surface area contributed by atoms with E-state index in [9.17, 15) is 10.2 Å². The summed E-state index contributed by atoms with van der Waals surface area (Å²) in [7, 11) is 0. The topological polar surface area (TPSA) is 52.5 Å². The zero-order chi connectivity index (χ0) is 9.19. The number of aliphatic hydroxyl groups is 2. The Hall–Kier alpha value is 0.170. The highest BCUT2D eigenvalue weighted by molar-refractivity contribution is 6.13. The fraction of sp³-hybridized carbons (Fsp3) is 1.00. The number of hydrogen-bond donors (Lipinski definition) is 3. The molecule has 3 N–H and O–H groups in total. The van der Waals surface area contributed by atoms with Crippen LogP contribution in [0.3, 0.4) is 0 Å². The lowest BCUT2D eigenvalue weighted by molar-refractivity contribution is -0.105. The lowest BCUT2D eigenvalue weighted by atomic mass is 9.77. The van der Waals surface area contributed by atoms with E-state index < -0.39 is 11.7 Å². The Morgan fingerprint density at radius 3 is 2.83 bits per heavy atom. The SMILES string of the molecule is C[C@@H]1CC[C@@](O)(CNCl)[C@H](O)C1. The molecule has 0 aliphatic heterocycles. The monoisotopic (exact) mass is 193 g/mol. The van der Waals surface area contributed by atoms with Crippen LogP contribution in [0.2, 0.25) is 0 Å². The molecule has 72 valence electrons. The van der Waals surface area contributed by atoms with E-state index in [2.05, 4.69) is 11.8 Å². The van der Waals surface area contributed by atoms with Crippen LogP contribution in [0.15, 0.2) is 0 Å². The third-order valence-corrected chi connectivity index (χ3v) is 2.82. The van der Waals surface area contributed by atoms with Crippen LogP contribution in [0.4, 0.5) is 0 Å². The second-order valence-corrected chi connectivity index (χ2v) is 4.08. The van der Waals surface area contributed by atoms with Crippen molar-refractivity contribution in [2.75, 3.05) is 6.54 Å². The molecule has 0 bridgehead atoms. The summed E-state index contributed by atoms with van der Waals surface area (Å²) in [5.74, 6) is 0.496. The van der Waals surface area contributed by atoms with E-state index in [1.807, 2.05) is 0 Å². The first-order chi connectivity index (χ1) is 5.58. The molecule has 0 saturated heterocycles. The Balaban J connectivity index is 2.53. The molecule has 0 aromatic carbocycles. The fourth-order valence-electron chi connectivity index (χ4n) is 1.70. The lowest BCUT2D eigenvalue weighted by Gasteiger charge is -2.38. The van der Waals surface area contributed by atoms with Gasteiger partial charge in [-0.2, -0.15) is 0 Å². The van der Waals surface area contributed by atoms with Crippen molar-refractivity contribution in [3.8, 4) is 0 Å². The molecule has 0 aromatic rings. The molecule has 1 aliphatic carbocycles. The molecule has 1 aliphatic rings. The summed E-state index contributed by atoms with van der Waals surface area (Å²) in [5, 5.41) is 19.4. The van der Waals surface area contributed by atoms with Crippen molar-refractivity contribution >= 4 is 11.8 Å². The number of aliphatic hydroxyl groups excluding tert-OH is 1. The zero-order valence-electron chi connectivity index (χ0n) is 7.26. The highest BCUT2D eigenvalue weighted by Gasteiger charge is 2.39. The highest BCUT2D eigenvalue weighted by atomic mass is 35.5. The standard InChI is InChI=1S/C8H16ClNO2/c1-6-2-3-8(12,5-10-9)7(11)4-6/h6-7,10-12H,2-5H2,1H3/t6-,7-,8-/m1/s1. The molecule has 0 aromatic heterocycles. The van der Waals surface area contributed by atoms with Gasteiger partial charge in [-0.1, -0.05) is 6.92 Å². The summed E-state index contributed by atoms with van der Waals surface area (Å²) in [5.41, 5.74) is -1.02. The van der Waals surface area contributed by atoms with Crippen molar-refractivity contribution in [2.45, 2.75) is 37.9 Å². The Morgan fingerprint density at radius 1 is 1.67 bits per heavy atom. The van der Waals surface area contributed by atoms with Crippen molar-refractivity contribution in [1.82, 2.24) is 4.84 Å². The molecule has 0 unspecified atom stereocenters. The molecule has 4 heteroatoms. The van der Waals surface area contributed by atoms with Gasteiger partial charge in [0.25, 0.3) is 0 Å². The van der Waals surface area contributed by atoms with E-state index in [1.165, 1.54) is 0 Å². The van der Waals surface area contributed by atoms with Gasteiger partial charge in [-0.3, -0.25) is 0 Å². The minimum absolute atomic E-state index is 0.252. The van der Waals surface area contributed by atoms with Crippen LogP contribution < -0.4 is 4.84 Å². The van der Waals surface area contributed by atoms with Gasteiger partial charge >= 0.3 is 0 Å². The Kier molecular flexibility index (Phi) is 3.35. The molecule has 3 nitrogen and oxygen atoms in total. The molecule has 0 amide bonds. The van der Waals surface area contributed by atoms with Crippen LogP contribution >= 0.6 is 11.8 Å². The van der Waals surface area contributed by atoms with Crippen molar-refractivity contribution in [1.29, 1.82) is 0 Å². The summed E-state index contributed by atoms with van der Waals surface area (Å²) in [6.45, 7) is 2.33. The van der Waals surface area contributed by atoms with Crippen LogP contribution in [0, 0.1) is 5.92 Å². The van der Waals surface area contributed by atoms with E-state index >= 15 is 0 Å². The number of rotatable bonds is 2. The molecule has 12 heavy (non-hydrogen) atoms. The minimum Gasteiger partial charge on any atom is -0.390 e. The first-order valence-corrected chi connectivity index (χ1v) is 4.70. The van der Waals surface area contributed by atoms with E-state index in [-0.39, 0.29) is 6.54 Å². The third kappa shape index (κ3) is 2.10. The molecule has 0 heterocycles. The van der Waals surface area contributed by atoms with Crippen molar-refractivity contribution in [2.24, 2.45) is 5.92 Å². The summed E-state index contributed by atoms with van der Waals surface area (Å²) in [6, 6.07) is 0. The normalized spacial score (nSPS) is 43.0. The molecule has 3 atom stereocenters. The van der Waals surface area contributed by atoms with Crippen LogP contribution in [-0.2, 0) is 0 Å². The summed E-state index contributed by atoms with van der Waals surface area (Å²) < 4.78 is 0. The van der Waals surface area contributed by atoms with E-state index in [0.29, 0.717) is 18.8 Å². The van der Waals surface area contributed by atoms with Crippen LogP contribution in [0.1, 0.15) is 26.2 Å². The molecular weight excluding hydrogens is 178 g/mol. The maximum Gasteiger partial charge on any atom is 0.104 e. The minimum atomic E-state index is -1.02. The lowest BCUT2D eigenvalue weighted by Crippen LogP contribution is -2.51. The van der Waals surface area contributed by atoms with Crippen molar-refractivity contribution in [3.63, 3.8) is 0 Å². The smallest absolute Gasteiger partial charge is 0.104 e. The van der Waals surface area contributed by atoms with Crippen LogP contribution in [0.25, 0.3) is 0 Å². The van der Waals surface area contributed by atoms with Gasteiger partial charge in [0.05, 0.1) is 6.10 Å². The van der Waals surface area contributed by atoms with E-state index in [1.54, 1.807) is 0 Å². The summed E-state index contributed by atoms with van der Waals surface area (Å²) in [4.78, 5) is 2.39. The van der Waals surface area contributed by atoms with Gasteiger partial charge in [-0.25, -0.2) is 4.84 Å². The maximum absolute atomic E-state index is 9.86. The summed E-state index contributed by atoms with van der Waals surface area (Å²) >= 11 is 5.31. The Morgan fingerprint density at radius 2 is 2.33 bits per heavy atom. The number of nitrogens with one attached hydrogen (secondary N) is 1. The second-order valence-electron chi connectivity index (χ2n) is 3.81. The molecule has 1 fully saturated rings. The summed E-state index contributed by atoms with van der Waals surface area (Å²) in [6.07, 6.45) is 1.59. The van der Waals surface area contributed by atoms with Gasteiger partial charge in [-0.05, 0) is 37.0 Å². The van der Waals surface area contributed by atoms with Crippen molar-refractivity contribution in [3.05, 3.63) is 0 Å². The first-order valence-electron chi connectivity index (χ1n) is 4.32. The molecule has 1 rings (SSSR count). The largest absolute Gasteiger partial charge is 0.390 e. The number of halogens is 1. The molecule has 1 saturated carbocycles. The van der Waals surface area contributed by atoms with E-state index in [0.717, 1.165) is 6.42 Å². The Labute approximate surface area is 77.8 Å². The maximum atomic E-state index is 9.86. The average Bonchev–Trinajstić information content (AvgIpc) is 1.99. The molecule has 0 radical (unpaired) electrons. The third-order valence-electron chi connectivity index (χ3n) is 2.69. The van der Waals surface area contributed by atoms with Crippen molar-refractivity contribution < 1.29 is 10.2 Å². The highest BCUT2D eigenvalue weighted by Crippen LogP contribution is 2.31. The second kappa shape index (κ2) is 3.92. The number of hydrogen-bond acceptors (Lipinski definition) is 3. The fourth-order valence-corrected chi connectivity index (χ4v) is 1.93. The zero-order valence-corrected chi connectivity index (χ0v) is 8.01. The van der Waals surface area contributed by atoms with Gasteiger partial charge in [0.2, 0.25) is 0 Å². The van der Waals surface area contributed by atoms with Gasteiger partial charge < -0.3 is 10.2 Å².